The summed E-state index contributed by atoms with van der Waals surface area (Å²) in [7, 11) is 0. The predicted molar refractivity (Wildman–Crippen MR) is 82.6 cm³/mol. The summed E-state index contributed by atoms with van der Waals surface area (Å²) in [6, 6.07) is 10.8. The van der Waals surface area contributed by atoms with Gasteiger partial charge < -0.3 is 5.32 Å². The highest BCUT2D eigenvalue weighted by Gasteiger charge is 2.31. The Bertz CT molecular complexity index is 626. The zero-order chi connectivity index (χ0) is 15.6. The van der Waals surface area contributed by atoms with E-state index in [9.17, 15) is 13.2 Å². The van der Waals surface area contributed by atoms with Gasteiger partial charge >= 0.3 is 6.18 Å². The molecular weight excluding hydrogens is 367 g/mol. The van der Waals surface area contributed by atoms with Crippen LogP contribution in [0.4, 0.5) is 18.9 Å². The fraction of sp³-hybridized carbons (Fsp3) is 0.200. The van der Waals surface area contributed by atoms with Crippen molar-refractivity contribution in [1.82, 2.24) is 0 Å². The predicted octanol–water partition coefficient (Wildman–Crippen LogP) is 6.29. The average Bonchev–Trinajstić information content (AvgIpc) is 2.37. The van der Waals surface area contributed by atoms with Crippen molar-refractivity contribution in [2.75, 3.05) is 5.32 Å². The van der Waals surface area contributed by atoms with Gasteiger partial charge in [-0.1, -0.05) is 39.7 Å². The summed E-state index contributed by atoms with van der Waals surface area (Å²) < 4.78 is 38.7. The lowest BCUT2D eigenvalue weighted by molar-refractivity contribution is -0.137. The second-order valence-electron chi connectivity index (χ2n) is 4.64. The normalized spacial score (nSPS) is 13.0. The third-order valence-corrected chi connectivity index (χ3v) is 3.69. The van der Waals surface area contributed by atoms with Crippen molar-refractivity contribution in [2.24, 2.45) is 0 Å². The molecule has 0 bridgehead atoms. The Morgan fingerprint density at radius 1 is 1.10 bits per heavy atom. The zero-order valence-corrected chi connectivity index (χ0v) is 13.4. The molecule has 1 unspecified atom stereocenters. The zero-order valence-electron chi connectivity index (χ0n) is 11.0. The molecule has 2 aromatic carbocycles. The fourth-order valence-electron chi connectivity index (χ4n) is 1.92. The van der Waals surface area contributed by atoms with Crippen LogP contribution >= 0.6 is 27.5 Å². The van der Waals surface area contributed by atoms with E-state index in [4.69, 9.17) is 11.6 Å². The third kappa shape index (κ3) is 4.38. The van der Waals surface area contributed by atoms with E-state index < -0.39 is 11.7 Å². The van der Waals surface area contributed by atoms with E-state index >= 15 is 0 Å². The summed E-state index contributed by atoms with van der Waals surface area (Å²) >= 11 is 8.92. The van der Waals surface area contributed by atoms with Gasteiger partial charge in [0.05, 0.1) is 5.56 Å². The van der Waals surface area contributed by atoms with Crippen molar-refractivity contribution in [3.05, 3.63) is 63.1 Å². The molecule has 1 atom stereocenters. The molecule has 21 heavy (non-hydrogen) atoms. The minimum absolute atomic E-state index is 0.141. The topological polar surface area (TPSA) is 12.0 Å². The molecule has 6 heteroatoms. The molecule has 0 saturated carbocycles. The average molecular weight is 379 g/mol. The lowest BCUT2D eigenvalue weighted by Crippen LogP contribution is -2.09. The second-order valence-corrected chi connectivity index (χ2v) is 6.00. The summed E-state index contributed by atoms with van der Waals surface area (Å²) in [5.74, 6) is 0. The van der Waals surface area contributed by atoms with Crippen molar-refractivity contribution < 1.29 is 13.2 Å². The van der Waals surface area contributed by atoms with Crippen LogP contribution < -0.4 is 5.32 Å². The van der Waals surface area contributed by atoms with Crippen molar-refractivity contribution in [1.29, 1.82) is 0 Å². The first kappa shape index (κ1) is 16.2. The monoisotopic (exact) mass is 377 g/mol. The number of hydrogen-bond acceptors (Lipinski definition) is 1. The Labute approximate surface area is 134 Å². The number of hydrogen-bond donors (Lipinski definition) is 1. The number of halogens is 5. The molecule has 0 aromatic heterocycles. The summed E-state index contributed by atoms with van der Waals surface area (Å²) in [4.78, 5) is 0. The maximum atomic E-state index is 12.8. The minimum atomic E-state index is -4.37. The van der Waals surface area contributed by atoms with Crippen LogP contribution in [-0.2, 0) is 6.18 Å². The molecule has 0 heterocycles. The van der Waals surface area contributed by atoms with Gasteiger partial charge in [-0.05, 0) is 42.8 Å². The van der Waals surface area contributed by atoms with E-state index in [0.29, 0.717) is 15.2 Å². The molecule has 112 valence electrons. The van der Waals surface area contributed by atoms with Crippen LogP contribution in [0, 0.1) is 0 Å². The molecule has 0 fully saturated rings. The number of rotatable bonds is 3. The van der Waals surface area contributed by atoms with E-state index in [2.05, 4.69) is 21.2 Å². The molecule has 0 spiro atoms. The molecule has 0 aliphatic heterocycles. The quantitative estimate of drug-likeness (QED) is 0.661. The Morgan fingerprint density at radius 3 is 2.29 bits per heavy atom. The Hall–Kier alpha value is -1.20. The molecular formula is C15H12BrClF3N. The minimum Gasteiger partial charge on any atom is -0.378 e. The maximum absolute atomic E-state index is 12.8. The molecule has 2 aromatic rings. The van der Waals surface area contributed by atoms with Gasteiger partial charge in [-0.15, -0.1) is 0 Å². The number of alkyl halides is 3. The van der Waals surface area contributed by atoms with Gasteiger partial charge in [0.2, 0.25) is 0 Å². The van der Waals surface area contributed by atoms with Crippen molar-refractivity contribution in [2.45, 2.75) is 19.1 Å². The van der Waals surface area contributed by atoms with Crippen LogP contribution in [0.5, 0.6) is 0 Å². The molecule has 1 N–H and O–H groups in total. The number of nitrogens with one attached hydrogen (secondary N) is 1. The van der Waals surface area contributed by atoms with E-state index in [-0.39, 0.29) is 6.04 Å². The third-order valence-electron chi connectivity index (χ3n) is 2.98. The van der Waals surface area contributed by atoms with Crippen LogP contribution in [0.3, 0.4) is 0 Å². The lowest BCUT2D eigenvalue weighted by atomic mass is 10.1. The summed E-state index contributed by atoms with van der Waals surface area (Å²) in [5.41, 5.74) is 0.648. The SMILES string of the molecule is CC(Nc1cc(Br)cc(C(F)(F)F)c1)c1ccc(Cl)cc1. The molecule has 0 amide bonds. The Balaban J connectivity index is 2.23. The fourth-order valence-corrected chi connectivity index (χ4v) is 2.54. The maximum Gasteiger partial charge on any atom is 0.416 e. The largest absolute Gasteiger partial charge is 0.416 e. The first-order valence-electron chi connectivity index (χ1n) is 6.15. The van der Waals surface area contributed by atoms with Crippen molar-refractivity contribution in [3.8, 4) is 0 Å². The standard InChI is InChI=1S/C15H12BrClF3N/c1-9(10-2-4-13(17)5-3-10)21-14-7-11(15(18,19)20)6-12(16)8-14/h2-9,21H,1H3. The van der Waals surface area contributed by atoms with Gasteiger partial charge in [-0.3, -0.25) is 0 Å². The van der Waals surface area contributed by atoms with Gasteiger partial charge in [-0.25, -0.2) is 0 Å². The molecule has 0 radical (unpaired) electrons. The molecule has 1 nitrogen and oxygen atoms in total. The molecule has 0 aliphatic rings. The van der Waals surface area contributed by atoms with Crippen molar-refractivity contribution in [3.63, 3.8) is 0 Å². The van der Waals surface area contributed by atoms with Gasteiger partial charge in [-0.2, -0.15) is 13.2 Å². The first-order chi connectivity index (χ1) is 9.75. The lowest BCUT2D eigenvalue weighted by Gasteiger charge is -2.17. The van der Waals surface area contributed by atoms with E-state index in [1.807, 2.05) is 19.1 Å². The van der Waals surface area contributed by atoms with Gasteiger partial charge in [0.15, 0.2) is 0 Å². The summed E-state index contributed by atoms with van der Waals surface area (Å²) in [5, 5.41) is 3.68. The Kier molecular flexibility index (Phi) is 4.84. The summed E-state index contributed by atoms with van der Waals surface area (Å²) in [6.45, 7) is 1.87. The van der Waals surface area contributed by atoms with E-state index in [0.717, 1.165) is 17.7 Å². The van der Waals surface area contributed by atoms with Crippen LogP contribution in [0.25, 0.3) is 0 Å². The van der Waals surface area contributed by atoms with E-state index in [1.165, 1.54) is 0 Å². The van der Waals surface area contributed by atoms with Gasteiger partial charge in [0.25, 0.3) is 0 Å². The molecule has 0 saturated heterocycles. The van der Waals surface area contributed by atoms with Crippen LogP contribution in [0.15, 0.2) is 46.9 Å². The molecule has 0 aliphatic carbocycles. The van der Waals surface area contributed by atoms with Crippen LogP contribution in [0.1, 0.15) is 24.1 Å². The summed E-state index contributed by atoms with van der Waals surface area (Å²) in [6.07, 6.45) is -4.37. The molecule has 2 rings (SSSR count). The smallest absolute Gasteiger partial charge is 0.378 e. The number of anilines is 1. The highest BCUT2D eigenvalue weighted by atomic mass is 79.9. The van der Waals surface area contributed by atoms with Gasteiger partial charge in [0.1, 0.15) is 0 Å². The van der Waals surface area contributed by atoms with Crippen LogP contribution in [0.2, 0.25) is 5.02 Å². The van der Waals surface area contributed by atoms with Crippen LogP contribution in [-0.4, -0.2) is 0 Å². The first-order valence-corrected chi connectivity index (χ1v) is 7.32. The highest BCUT2D eigenvalue weighted by Crippen LogP contribution is 2.34. The van der Waals surface area contributed by atoms with Crippen molar-refractivity contribution >= 4 is 33.2 Å². The Morgan fingerprint density at radius 2 is 1.71 bits per heavy atom. The highest BCUT2D eigenvalue weighted by molar-refractivity contribution is 9.10. The second kappa shape index (κ2) is 6.28. The number of benzene rings is 2. The van der Waals surface area contributed by atoms with Gasteiger partial charge in [0, 0.05) is 21.2 Å². The van der Waals surface area contributed by atoms with E-state index in [1.54, 1.807) is 18.2 Å².